The van der Waals surface area contributed by atoms with Gasteiger partial charge in [0.25, 0.3) is 0 Å². The predicted octanol–water partition coefficient (Wildman–Crippen LogP) is 3.83. The molecule has 0 radical (unpaired) electrons. The summed E-state index contributed by atoms with van der Waals surface area (Å²) in [5.41, 5.74) is 0. The number of rotatable bonds is 5. The number of hydrogen-bond donors (Lipinski definition) is 1. The molecule has 2 nitrogen and oxygen atoms in total. The van der Waals surface area contributed by atoms with Crippen LogP contribution in [0.25, 0.3) is 0 Å². The Kier molecular flexibility index (Phi) is 5.43. The fourth-order valence-corrected chi connectivity index (χ4v) is 3.84. The van der Waals surface area contributed by atoms with Crippen molar-refractivity contribution in [2.75, 3.05) is 19.6 Å². The average Bonchev–Trinajstić information content (AvgIpc) is 2.82. The minimum atomic E-state index is 0.584. The predicted molar refractivity (Wildman–Crippen MR) is 84.9 cm³/mol. The quantitative estimate of drug-likeness (QED) is 0.882. The van der Waals surface area contributed by atoms with Crippen LogP contribution in [0.4, 0.5) is 0 Å². The van der Waals surface area contributed by atoms with Crippen molar-refractivity contribution in [1.29, 1.82) is 0 Å². The minimum absolute atomic E-state index is 0.584. The van der Waals surface area contributed by atoms with Crippen LogP contribution >= 0.6 is 11.3 Å². The maximum Gasteiger partial charge on any atom is 0.0413 e. The van der Waals surface area contributed by atoms with Crippen LogP contribution in [0.2, 0.25) is 0 Å². The normalized spacial score (nSPS) is 22.9. The van der Waals surface area contributed by atoms with Gasteiger partial charge in [-0.2, -0.15) is 0 Å². The molecule has 0 aliphatic carbocycles. The molecule has 1 aromatic rings. The molecule has 3 heteroatoms. The summed E-state index contributed by atoms with van der Waals surface area (Å²) in [6, 6.07) is 5.74. The Morgan fingerprint density at radius 3 is 2.79 bits per heavy atom. The number of aryl methyl sites for hydroxylation is 1. The molecule has 0 amide bonds. The van der Waals surface area contributed by atoms with Crippen LogP contribution in [0, 0.1) is 12.8 Å². The lowest BCUT2D eigenvalue weighted by Gasteiger charge is -2.37. The van der Waals surface area contributed by atoms with Crippen LogP contribution in [-0.4, -0.2) is 30.6 Å². The summed E-state index contributed by atoms with van der Waals surface area (Å²) in [6.07, 6.45) is 2.73. The van der Waals surface area contributed by atoms with Gasteiger partial charge in [0.15, 0.2) is 0 Å². The van der Waals surface area contributed by atoms with Crippen LogP contribution in [0.5, 0.6) is 0 Å². The zero-order valence-electron chi connectivity index (χ0n) is 12.8. The molecular weight excluding hydrogens is 252 g/mol. The van der Waals surface area contributed by atoms with Crippen molar-refractivity contribution in [1.82, 2.24) is 10.2 Å². The van der Waals surface area contributed by atoms with Gasteiger partial charge in [0.05, 0.1) is 0 Å². The second-order valence-electron chi connectivity index (χ2n) is 6.19. The van der Waals surface area contributed by atoms with E-state index in [1.807, 2.05) is 11.3 Å². The van der Waals surface area contributed by atoms with Crippen LogP contribution < -0.4 is 5.32 Å². The number of thiophene rings is 1. The van der Waals surface area contributed by atoms with E-state index in [1.54, 1.807) is 0 Å². The first kappa shape index (κ1) is 15.0. The summed E-state index contributed by atoms with van der Waals surface area (Å²) in [4.78, 5) is 5.62. The van der Waals surface area contributed by atoms with Crippen molar-refractivity contribution in [3.05, 3.63) is 21.9 Å². The highest BCUT2D eigenvalue weighted by molar-refractivity contribution is 7.12. The fourth-order valence-electron chi connectivity index (χ4n) is 2.88. The second kappa shape index (κ2) is 6.87. The lowest BCUT2D eigenvalue weighted by atomic mass is 9.96. The molecule has 0 spiro atoms. The third-order valence-corrected chi connectivity index (χ3v) is 5.26. The Hall–Kier alpha value is -0.380. The van der Waals surface area contributed by atoms with Crippen LogP contribution in [0.1, 0.15) is 49.4 Å². The molecule has 108 valence electrons. The van der Waals surface area contributed by atoms with Crippen molar-refractivity contribution in [2.45, 2.75) is 52.6 Å². The maximum absolute atomic E-state index is 3.59. The standard InChI is InChI=1S/C16H28N2S/c1-12(2)17-10-15-6-5-9-18(11-15)14(4)16-8-7-13(3)19-16/h7-8,12,14-15,17H,5-6,9-11H2,1-4H3. The Bertz CT molecular complexity index is 386. The molecule has 0 bridgehead atoms. The average molecular weight is 280 g/mol. The summed E-state index contributed by atoms with van der Waals surface area (Å²) in [6.45, 7) is 12.7. The molecular formula is C16H28N2S. The second-order valence-corrected chi connectivity index (χ2v) is 7.51. The Morgan fingerprint density at radius 1 is 1.37 bits per heavy atom. The molecule has 0 aromatic carbocycles. The van der Waals surface area contributed by atoms with Gasteiger partial charge in [0.1, 0.15) is 0 Å². The van der Waals surface area contributed by atoms with E-state index < -0.39 is 0 Å². The van der Waals surface area contributed by atoms with E-state index in [0.29, 0.717) is 12.1 Å². The summed E-state index contributed by atoms with van der Waals surface area (Å²) in [7, 11) is 0. The monoisotopic (exact) mass is 280 g/mol. The van der Waals surface area contributed by atoms with Crippen LogP contribution in [-0.2, 0) is 0 Å². The molecule has 0 saturated carbocycles. The first-order valence-electron chi connectivity index (χ1n) is 7.60. The lowest BCUT2D eigenvalue weighted by molar-refractivity contribution is 0.131. The Morgan fingerprint density at radius 2 is 2.16 bits per heavy atom. The molecule has 1 aliphatic heterocycles. The summed E-state index contributed by atoms with van der Waals surface area (Å²) < 4.78 is 0. The molecule has 2 atom stereocenters. The minimum Gasteiger partial charge on any atom is -0.314 e. The van der Waals surface area contributed by atoms with Crippen LogP contribution in [0.3, 0.4) is 0 Å². The molecule has 2 rings (SSSR count). The van der Waals surface area contributed by atoms with Gasteiger partial charge in [-0.1, -0.05) is 13.8 Å². The number of nitrogens with zero attached hydrogens (tertiary/aromatic N) is 1. The first-order valence-corrected chi connectivity index (χ1v) is 8.41. The Balaban J connectivity index is 1.89. The van der Waals surface area contributed by atoms with Crippen molar-refractivity contribution < 1.29 is 0 Å². The highest BCUT2D eigenvalue weighted by Gasteiger charge is 2.24. The number of hydrogen-bond acceptors (Lipinski definition) is 3. The molecule has 1 saturated heterocycles. The Labute approximate surface area is 122 Å². The van der Waals surface area contributed by atoms with E-state index >= 15 is 0 Å². The smallest absolute Gasteiger partial charge is 0.0413 e. The summed E-state index contributed by atoms with van der Waals surface area (Å²) >= 11 is 1.95. The zero-order valence-corrected chi connectivity index (χ0v) is 13.6. The van der Waals surface area contributed by atoms with Gasteiger partial charge in [-0.05, 0) is 57.8 Å². The number of piperidine rings is 1. The topological polar surface area (TPSA) is 15.3 Å². The molecule has 1 fully saturated rings. The summed E-state index contributed by atoms with van der Waals surface area (Å²) in [5.74, 6) is 0.819. The van der Waals surface area contributed by atoms with E-state index in [9.17, 15) is 0 Å². The largest absolute Gasteiger partial charge is 0.314 e. The van der Waals surface area contributed by atoms with E-state index in [2.05, 4.69) is 50.0 Å². The third-order valence-electron chi connectivity index (χ3n) is 4.09. The zero-order chi connectivity index (χ0) is 13.8. The van der Waals surface area contributed by atoms with E-state index in [4.69, 9.17) is 0 Å². The maximum atomic E-state index is 3.59. The van der Waals surface area contributed by atoms with Crippen molar-refractivity contribution >= 4 is 11.3 Å². The van der Waals surface area contributed by atoms with Gasteiger partial charge in [0, 0.05) is 28.4 Å². The first-order chi connectivity index (χ1) is 9.06. The molecule has 2 heterocycles. The van der Waals surface area contributed by atoms with Gasteiger partial charge in [-0.3, -0.25) is 4.90 Å². The molecule has 19 heavy (non-hydrogen) atoms. The lowest BCUT2D eigenvalue weighted by Crippen LogP contribution is -2.41. The third kappa shape index (κ3) is 4.30. The molecule has 1 aromatic heterocycles. The highest BCUT2D eigenvalue weighted by atomic mass is 32.1. The number of likely N-dealkylation sites (tertiary alicyclic amines) is 1. The summed E-state index contributed by atoms with van der Waals surface area (Å²) in [5, 5.41) is 3.59. The van der Waals surface area contributed by atoms with Gasteiger partial charge in [-0.25, -0.2) is 0 Å². The van der Waals surface area contributed by atoms with Crippen LogP contribution in [0.15, 0.2) is 12.1 Å². The van der Waals surface area contributed by atoms with E-state index in [1.165, 1.54) is 42.2 Å². The van der Waals surface area contributed by atoms with Crippen molar-refractivity contribution in [3.8, 4) is 0 Å². The van der Waals surface area contributed by atoms with Crippen molar-refractivity contribution in [2.24, 2.45) is 5.92 Å². The van der Waals surface area contributed by atoms with Crippen molar-refractivity contribution in [3.63, 3.8) is 0 Å². The van der Waals surface area contributed by atoms with E-state index in [0.717, 1.165) is 5.92 Å². The van der Waals surface area contributed by atoms with Gasteiger partial charge < -0.3 is 5.32 Å². The SMILES string of the molecule is Cc1ccc(C(C)N2CCCC(CNC(C)C)C2)s1. The molecule has 1 N–H and O–H groups in total. The fraction of sp³-hybridized carbons (Fsp3) is 0.750. The molecule has 2 unspecified atom stereocenters. The van der Waals surface area contributed by atoms with Gasteiger partial charge in [-0.15, -0.1) is 11.3 Å². The van der Waals surface area contributed by atoms with Gasteiger partial charge in [0.2, 0.25) is 0 Å². The number of nitrogens with one attached hydrogen (secondary N) is 1. The molecule has 1 aliphatic rings. The van der Waals surface area contributed by atoms with Gasteiger partial charge >= 0.3 is 0 Å². The van der Waals surface area contributed by atoms with E-state index in [-0.39, 0.29) is 0 Å². The highest BCUT2D eigenvalue weighted by Crippen LogP contribution is 2.30.